The van der Waals surface area contributed by atoms with E-state index >= 15 is 0 Å². The third kappa shape index (κ3) is 2.56. The molecule has 0 aliphatic rings. The summed E-state index contributed by atoms with van der Waals surface area (Å²) in [7, 11) is 3.26. The molecule has 0 aliphatic heterocycles. The molecule has 0 heterocycles. The minimum atomic E-state index is 0.690. The van der Waals surface area contributed by atoms with Crippen LogP contribution in [0.3, 0.4) is 0 Å². The Kier molecular flexibility index (Phi) is 3.72. The number of benzene rings is 2. The highest BCUT2D eigenvalue weighted by atomic mass is 16.5. The zero-order valence-corrected chi connectivity index (χ0v) is 10.6. The van der Waals surface area contributed by atoms with Crippen LogP contribution < -0.4 is 15.2 Å². The molecule has 94 valence electrons. The summed E-state index contributed by atoms with van der Waals surface area (Å²) in [5.41, 5.74) is 8.94. The van der Waals surface area contributed by atoms with Gasteiger partial charge in [-0.3, -0.25) is 0 Å². The van der Waals surface area contributed by atoms with Crippen LogP contribution in [-0.2, 0) is 6.42 Å². The molecule has 0 spiro atoms. The number of rotatable bonds is 4. The van der Waals surface area contributed by atoms with Crippen LogP contribution in [0.5, 0.6) is 11.5 Å². The van der Waals surface area contributed by atoms with Crippen LogP contribution in [0.1, 0.15) is 11.1 Å². The second-order valence-electron chi connectivity index (χ2n) is 4.06. The van der Waals surface area contributed by atoms with Crippen molar-refractivity contribution in [3.8, 4) is 11.5 Å². The highest BCUT2D eigenvalue weighted by Gasteiger charge is 2.10. The van der Waals surface area contributed by atoms with Gasteiger partial charge in [0, 0.05) is 29.8 Å². The number of hydrogen-bond acceptors (Lipinski definition) is 3. The van der Waals surface area contributed by atoms with Gasteiger partial charge in [-0.05, 0) is 5.56 Å². The fourth-order valence-electron chi connectivity index (χ4n) is 1.93. The van der Waals surface area contributed by atoms with Crippen LogP contribution in [-0.4, -0.2) is 14.2 Å². The average molecular weight is 243 g/mol. The van der Waals surface area contributed by atoms with Gasteiger partial charge < -0.3 is 15.2 Å². The molecule has 2 rings (SSSR count). The van der Waals surface area contributed by atoms with Crippen LogP contribution in [0.15, 0.2) is 42.5 Å². The molecule has 0 radical (unpaired) electrons. The normalized spacial score (nSPS) is 10.1. The van der Waals surface area contributed by atoms with E-state index in [4.69, 9.17) is 15.2 Å². The van der Waals surface area contributed by atoms with Crippen molar-refractivity contribution in [2.75, 3.05) is 20.0 Å². The summed E-state index contributed by atoms with van der Waals surface area (Å²) < 4.78 is 10.6. The third-order valence-electron chi connectivity index (χ3n) is 2.90. The van der Waals surface area contributed by atoms with Gasteiger partial charge in [-0.25, -0.2) is 0 Å². The van der Waals surface area contributed by atoms with Gasteiger partial charge in [-0.15, -0.1) is 0 Å². The van der Waals surface area contributed by atoms with Gasteiger partial charge in [0.15, 0.2) is 0 Å². The van der Waals surface area contributed by atoms with Crippen molar-refractivity contribution in [1.82, 2.24) is 0 Å². The van der Waals surface area contributed by atoms with Crippen LogP contribution in [0.4, 0.5) is 5.69 Å². The number of ether oxygens (including phenoxy) is 2. The Morgan fingerprint density at radius 1 is 1.00 bits per heavy atom. The molecule has 0 aromatic heterocycles. The predicted molar refractivity (Wildman–Crippen MR) is 73.2 cm³/mol. The largest absolute Gasteiger partial charge is 0.497 e. The quantitative estimate of drug-likeness (QED) is 0.840. The van der Waals surface area contributed by atoms with Crippen molar-refractivity contribution in [2.24, 2.45) is 0 Å². The fourth-order valence-corrected chi connectivity index (χ4v) is 1.93. The topological polar surface area (TPSA) is 44.5 Å². The highest BCUT2D eigenvalue weighted by molar-refractivity contribution is 5.60. The van der Waals surface area contributed by atoms with Gasteiger partial charge in [0.2, 0.25) is 0 Å². The average Bonchev–Trinajstić information content (AvgIpc) is 2.42. The smallest absolute Gasteiger partial charge is 0.128 e. The minimum Gasteiger partial charge on any atom is -0.497 e. The Bertz CT molecular complexity index is 524. The van der Waals surface area contributed by atoms with E-state index in [0.717, 1.165) is 17.7 Å². The van der Waals surface area contributed by atoms with Gasteiger partial charge in [0.1, 0.15) is 11.5 Å². The maximum Gasteiger partial charge on any atom is 0.128 e. The highest BCUT2D eigenvalue weighted by Crippen LogP contribution is 2.32. The zero-order valence-electron chi connectivity index (χ0n) is 10.6. The van der Waals surface area contributed by atoms with Crippen molar-refractivity contribution < 1.29 is 9.47 Å². The Labute approximate surface area is 107 Å². The molecule has 3 nitrogen and oxygen atoms in total. The van der Waals surface area contributed by atoms with Crippen LogP contribution in [0.25, 0.3) is 0 Å². The van der Waals surface area contributed by atoms with E-state index in [1.165, 1.54) is 5.56 Å². The number of nitrogen functional groups attached to an aromatic ring is 1. The third-order valence-corrected chi connectivity index (χ3v) is 2.90. The Hall–Kier alpha value is -2.16. The number of hydrogen-bond donors (Lipinski definition) is 1. The van der Waals surface area contributed by atoms with Gasteiger partial charge >= 0.3 is 0 Å². The van der Waals surface area contributed by atoms with Crippen LogP contribution in [0.2, 0.25) is 0 Å². The van der Waals surface area contributed by atoms with E-state index in [1.54, 1.807) is 14.2 Å². The first-order valence-corrected chi connectivity index (χ1v) is 5.79. The molecular weight excluding hydrogens is 226 g/mol. The minimum absolute atomic E-state index is 0.690. The number of methoxy groups -OCH3 is 2. The Morgan fingerprint density at radius 3 is 2.33 bits per heavy atom. The molecule has 18 heavy (non-hydrogen) atoms. The first-order valence-electron chi connectivity index (χ1n) is 5.79. The standard InChI is InChI=1S/C15H17NO2/c1-17-12-9-14(16)13(15(10-12)18-2)8-11-6-4-3-5-7-11/h3-7,9-10H,8,16H2,1-2H3. The molecule has 2 aromatic carbocycles. The molecule has 0 aliphatic carbocycles. The van der Waals surface area contributed by atoms with Gasteiger partial charge in [-0.2, -0.15) is 0 Å². The Morgan fingerprint density at radius 2 is 1.72 bits per heavy atom. The second-order valence-corrected chi connectivity index (χ2v) is 4.06. The number of nitrogens with two attached hydrogens (primary N) is 1. The lowest BCUT2D eigenvalue weighted by atomic mass is 10.0. The van der Waals surface area contributed by atoms with Crippen molar-refractivity contribution in [3.63, 3.8) is 0 Å². The SMILES string of the molecule is COc1cc(N)c(Cc2ccccc2)c(OC)c1. The summed E-state index contributed by atoms with van der Waals surface area (Å²) in [5.74, 6) is 1.47. The van der Waals surface area contributed by atoms with Crippen molar-refractivity contribution >= 4 is 5.69 Å². The van der Waals surface area contributed by atoms with Gasteiger partial charge in [-0.1, -0.05) is 30.3 Å². The van der Waals surface area contributed by atoms with Crippen LogP contribution >= 0.6 is 0 Å². The molecular formula is C15H17NO2. The molecule has 0 unspecified atom stereocenters. The zero-order chi connectivity index (χ0) is 13.0. The summed E-state index contributed by atoms with van der Waals surface area (Å²) in [6.07, 6.45) is 0.750. The van der Waals surface area contributed by atoms with Crippen molar-refractivity contribution in [2.45, 2.75) is 6.42 Å². The van der Waals surface area contributed by atoms with E-state index in [9.17, 15) is 0 Å². The molecule has 0 saturated carbocycles. The maximum atomic E-state index is 6.06. The molecule has 0 amide bonds. The summed E-state index contributed by atoms with van der Waals surface area (Å²) in [6.45, 7) is 0. The van der Waals surface area contributed by atoms with Crippen molar-refractivity contribution in [3.05, 3.63) is 53.6 Å². The molecule has 2 aromatic rings. The van der Waals surface area contributed by atoms with E-state index in [0.29, 0.717) is 11.4 Å². The summed E-state index contributed by atoms with van der Waals surface area (Å²) in [6, 6.07) is 13.9. The lowest BCUT2D eigenvalue weighted by Crippen LogP contribution is -2.00. The fraction of sp³-hybridized carbons (Fsp3) is 0.200. The molecule has 0 bridgehead atoms. The summed E-state index contributed by atoms with van der Waals surface area (Å²) >= 11 is 0. The lowest BCUT2D eigenvalue weighted by molar-refractivity contribution is 0.392. The molecule has 0 saturated heterocycles. The Balaban J connectivity index is 2.38. The summed E-state index contributed by atoms with van der Waals surface area (Å²) in [4.78, 5) is 0. The van der Waals surface area contributed by atoms with Crippen LogP contribution in [0, 0.1) is 0 Å². The van der Waals surface area contributed by atoms with E-state index in [-0.39, 0.29) is 0 Å². The molecule has 3 heteroatoms. The van der Waals surface area contributed by atoms with E-state index < -0.39 is 0 Å². The molecule has 0 fully saturated rings. The van der Waals surface area contributed by atoms with Crippen molar-refractivity contribution in [1.29, 1.82) is 0 Å². The monoisotopic (exact) mass is 243 g/mol. The summed E-state index contributed by atoms with van der Waals surface area (Å²) in [5, 5.41) is 0. The lowest BCUT2D eigenvalue weighted by Gasteiger charge is -2.13. The molecule has 2 N–H and O–H groups in total. The van der Waals surface area contributed by atoms with E-state index in [1.807, 2.05) is 30.3 Å². The second kappa shape index (κ2) is 5.45. The first kappa shape index (κ1) is 12.3. The predicted octanol–water partition coefficient (Wildman–Crippen LogP) is 2.88. The molecule has 0 atom stereocenters. The van der Waals surface area contributed by atoms with Gasteiger partial charge in [0.25, 0.3) is 0 Å². The maximum absolute atomic E-state index is 6.06. The van der Waals surface area contributed by atoms with Gasteiger partial charge in [0.05, 0.1) is 14.2 Å². The first-order chi connectivity index (χ1) is 8.74. The van der Waals surface area contributed by atoms with E-state index in [2.05, 4.69) is 12.1 Å². The number of anilines is 1.